The molecule has 30 heavy (non-hydrogen) atoms. The molecule has 2 aromatic rings. The molecule has 1 fully saturated rings. The summed E-state index contributed by atoms with van der Waals surface area (Å²) in [6.07, 6.45) is 0.492. The Kier molecular flexibility index (Phi) is 7.64. The van der Waals surface area contributed by atoms with E-state index in [9.17, 15) is 14.7 Å². The molecule has 160 valence electrons. The van der Waals surface area contributed by atoms with Crippen LogP contribution in [0.25, 0.3) is 0 Å². The highest BCUT2D eigenvalue weighted by Crippen LogP contribution is 2.23. The number of aliphatic hydroxyl groups excluding tert-OH is 1. The third kappa shape index (κ3) is 6.20. The van der Waals surface area contributed by atoms with Crippen molar-refractivity contribution in [2.45, 2.75) is 37.5 Å². The molecule has 1 heterocycles. The summed E-state index contributed by atoms with van der Waals surface area (Å²) in [5.41, 5.74) is 1.32. The number of amides is 3. The van der Waals surface area contributed by atoms with Crippen molar-refractivity contribution in [1.29, 1.82) is 0 Å². The molecule has 3 rings (SSSR count). The molecule has 4 N–H and O–H groups in total. The number of ether oxygens (including phenoxy) is 2. The van der Waals surface area contributed by atoms with Gasteiger partial charge in [0.1, 0.15) is 11.9 Å². The van der Waals surface area contributed by atoms with Crippen LogP contribution in [0, 0.1) is 0 Å². The van der Waals surface area contributed by atoms with Gasteiger partial charge in [-0.25, -0.2) is 4.79 Å². The maximum absolute atomic E-state index is 12.3. The molecule has 3 atom stereocenters. The predicted molar refractivity (Wildman–Crippen MR) is 114 cm³/mol. The normalized spacial score (nSPS) is 20.8. The summed E-state index contributed by atoms with van der Waals surface area (Å²) in [7, 11) is 1.56. The van der Waals surface area contributed by atoms with Gasteiger partial charge >= 0.3 is 6.03 Å². The van der Waals surface area contributed by atoms with E-state index in [1.165, 1.54) is 0 Å². The first kappa shape index (κ1) is 21.6. The molecular weight excluding hydrogens is 386 g/mol. The SMILES string of the molecule is COc1cccc(NC(=O)N[C@@H]2CC[C@H](CC(=O)Nc3ccccc3)O[C@@H]2CO)c1. The minimum absolute atomic E-state index is 0.148. The Hall–Kier alpha value is -3.10. The van der Waals surface area contributed by atoms with Gasteiger partial charge in [-0.05, 0) is 37.1 Å². The van der Waals surface area contributed by atoms with Crippen molar-refractivity contribution in [3.63, 3.8) is 0 Å². The number of carbonyl (C=O) groups is 2. The predicted octanol–water partition coefficient (Wildman–Crippen LogP) is 2.75. The van der Waals surface area contributed by atoms with Crippen LogP contribution in [0.3, 0.4) is 0 Å². The van der Waals surface area contributed by atoms with Crippen molar-refractivity contribution in [3.05, 3.63) is 54.6 Å². The zero-order chi connectivity index (χ0) is 21.3. The summed E-state index contributed by atoms with van der Waals surface area (Å²) < 4.78 is 11.0. The molecule has 1 aliphatic heterocycles. The summed E-state index contributed by atoms with van der Waals surface area (Å²) in [6, 6.07) is 15.5. The third-order valence-electron chi connectivity index (χ3n) is 4.91. The van der Waals surface area contributed by atoms with Gasteiger partial charge in [-0.3, -0.25) is 4.79 Å². The molecule has 8 nitrogen and oxygen atoms in total. The number of rotatable bonds is 7. The van der Waals surface area contributed by atoms with Crippen molar-refractivity contribution in [2.24, 2.45) is 0 Å². The van der Waals surface area contributed by atoms with Crippen molar-refractivity contribution in [1.82, 2.24) is 5.32 Å². The summed E-state index contributed by atoms with van der Waals surface area (Å²) >= 11 is 0. The fraction of sp³-hybridized carbons (Fsp3) is 0.364. The van der Waals surface area contributed by atoms with Gasteiger partial charge in [-0.2, -0.15) is 0 Å². The van der Waals surface area contributed by atoms with E-state index in [1.807, 2.05) is 30.3 Å². The lowest BCUT2D eigenvalue weighted by Gasteiger charge is -2.35. The molecule has 0 radical (unpaired) electrons. The zero-order valence-corrected chi connectivity index (χ0v) is 16.8. The smallest absolute Gasteiger partial charge is 0.319 e. The van der Waals surface area contributed by atoms with Gasteiger partial charge in [-0.1, -0.05) is 24.3 Å². The van der Waals surface area contributed by atoms with Crippen molar-refractivity contribution < 1.29 is 24.2 Å². The second-order valence-electron chi connectivity index (χ2n) is 7.11. The highest BCUT2D eigenvalue weighted by molar-refractivity contribution is 5.91. The minimum atomic E-state index is -0.579. The largest absolute Gasteiger partial charge is 0.497 e. The van der Waals surface area contributed by atoms with Crippen molar-refractivity contribution in [2.75, 3.05) is 24.4 Å². The molecular formula is C22H27N3O5. The molecule has 0 spiro atoms. The molecule has 1 saturated heterocycles. The monoisotopic (exact) mass is 413 g/mol. The van der Waals surface area contributed by atoms with E-state index in [0.29, 0.717) is 24.3 Å². The molecule has 0 saturated carbocycles. The summed E-state index contributed by atoms with van der Waals surface area (Å²) in [6.45, 7) is -0.249. The average Bonchev–Trinajstić information content (AvgIpc) is 2.75. The number of hydrogen-bond donors (Lipinski definition) is 4. The topological polar surface area (TPSA) is 109 Å². The molecule has 0 unspecified atom stereocenters. The van der Waals surface area contributed by atoms with E-state index in [4.69, 9.17) is 9.47 Å². The van der Waals surface area contributed by atoms with E-state index in [0.717, 1.165) is 5.69 Å². The quantitative estimate of drug-likeness (QED) is 0.558. The first-order valence-corrected chi connectivity index (χ1v) is 9.90. The number of benzene rings is 2. The fourth-order valence-corrected chi connectivity index (χ4v) is 3.42. The first-order valence-electron chi connectivity index (χ1n) is 9.90. The van der Waals surface area contributed by atoms with Crippen LogP contribution in [-0.2, 0) is 9.53 Å². The van der Waals surface area contributed by atoms with E-state index in [1.54, 1.807) is 31.4 Å². The molecule has 0 aliphatic carbocycles. The summed E-state index contributed by atoms with van der Waals surface area (Å²) in [5.74, 6) is 0.490. The maximum atomic E-state index is 12.3. The van der Waals surface area contributed by atoms with Gasteiger partial charge in [-0.15, -0.1) is 0 Å². The van der Waals surface area contributed by atoms with Gasteiger partial charge in [0, 0.05) is 17.4 Å². The minimum Gasteiger partial charge on any atom is -0.497 e. The van der Waals surface area contributed by atoms with Gasteiger partial charge in [0.2, 0.25) is 5.91 Å². The van der Waals surface area contributed by atoms with E-state index < -0.39 is 12.1 Å². The highest BCUT2D eigenvalue weighted by atomic mass is 16.5. The molecule has 8 heteroatoms. The summed E-state index contributed by atoms with van der Waals surface area (Å²) in [5, 5.41) is 18.1. The molecule has 0 aromatic heterocycles. The van der Waals surface area contributed by atoms with Crippen LogP contribution in [0.5, 0.6) is 5.75 Å². The average molecular weight is 413 g/mol. The molecule has 2 aromatic carbocycles. The van der Waals surface area contributed by atoms with Gasteiger partial charge in [0.05, 0.1) is 32.3 Å². The lowest BCUT2D eigenvalue weighted by atomic mass is 9.97. The number of nitrogens with one attached hydrogen (secondary N) is 3. The highest BCUT2D eigenvalue weighted by Gasteiger charge is 2.33. The molecule has 1 aliphatic rings. The summed E-state index contributed by atoms with van der Waals surface area (Å²) in [4.78, 5) is 24.6. The number of methoxy groups -OCH3 is 1. The van der Waals surface area contributed by atoms with Crippen LogP contribution in [0.4, 0.5) is 16.2 Å². The lowest BCUT2D eigenvalue weighted by Crippen LogP contribution is -2.52. The Morgan fingerprint density at radius 3 is 2.57 bits per heavy atom. The van der Waals surface area contributed by atoms with E-state index in [2.05, 4.69) is 16.0 Å². The third-order valence-corrected chi connectivity index (χ3v) is 4.91. The number of aliphatic hydroxyl groups is 1. The lowest BCUT2D eigenvalue weighted by molar-refractivity contribution is -0.126. The van der Waals surface area contributed by atoms with E-state index in [-0.39, 0.29) is 31.1 Å². The number of urea groups is 1. The molecule has 0 bridgehead atoms. The van der Waals surface area contributed by atoms with Crippen molar-refractivity contribution >= 4 is 23.3 Å². The number of anilines is 2. The molecule has 3 amide bonds. The van der Waals surface area contributed by atoms with Crippen LogP contribution in [0.2, 0.25) is 0 Å². The Morgan fingerprint density at radius 1 is 1.07 bits per heavy atom. The Morgan fingerprint density at radius 2 is 1.83 bits per heavy atom. The van der Waals surface area contributed by atoms with Gasteiger partial charge in [0.15, 0.2) is 0 Å². The fourth-order valence-electron chi connectivity index (χ4n) is 3.42. The van der Waals surface area contributed by atoms with Crippen molar-refractivity contribution in [3.8, 4) is 5.75 Å². The van der Waals surface area contributed by atoms with Gasteiger partial charge < -0.3 is 30.5 Å². The second kappa shape index (κ2) is 10.6. The van der Waals surface area contributed by atoms with Crippen LogP contribution < -0.4 is 20.7 Å². The Bertz CT molecular complexity index is 846. The Labute approximate surface area is 175 Å². The van der Waals surface area contributed by atoms with Crippen LogP contribution in [0.1, 0.15) is 19.3 Å². The van der Waals surface area contributed by atoms with Gasteiger partial charge in [0.25, 0.3) is 0 Å². The van der Waals surface area contributed by atoms with E-state index >= 15 is 0 Å². The number of para-hydroxylation sites is 1. The second-order valence-corrected chi connectivity index (χ2v) is 7.11. The number of carbonyl (C=O) groups excluding carboxylic acids is 2. The zero-order valence-electron chi connectivity index (χ0n) is 16.8. The standard InChI is InChI=1S/C22H27N3O5/c1-29-17-9-5-8-16(12-17)24-22(28)25-19-11-10-18(30-20(19)14-26)13-21(27)23-15-6-3-2-4-7-15/h2-9,12,18-20,26H,10-11,13-14H2,1H3,(H,23,27)(H2,24,25,28)/t18-,19-,20-/m1/s1. The number of hydrogen-bond acceptors (Lipinski definition) is 5. The van der Waals surface area contributed by atoms with Crippen LogP contribution in [0.15, 0.2) is 54.6 Å². The maximum Gasteiger partial charge on any atom is 0.319 e. The first-order chi connectivity index (χ1) is 14.6. The Balaban J connectivity index is 1.48. The van der Waals surface area contributed by atoms with Crippen LogP contribution >= 0.6 is 0 Å². The van der Waals surface area contributed by atoms with Crippen LogP contribution in [-0.4, -0.2) is 49.0 Å².